The van der Waals surface area contributed by atoms with Crippen molar-refractivity contribution >= 4 is 5.91 Å². The molecule has 2 aliphatic heterocycles. The topological polar surface area (TPSA) is 62.6 Å². The van der Waals surface area contributed by atoms with Crippen molar-refractivity contribution in [2.75, 3.05) is 39.8 Å². The number of carbonyl (C=O) groups is 1. The predicted molar refractivity (Wildman–Crippen MR) is 107 cm³/mol. The third-order valence-corrected chi connectivity index (χ3v) is 5.57. The highest BCUT2D eigenvalue weighted by molar-refractivity contribution is 5.75. The van der Waals surface area contributed by atoms with E-state index in [4.69, 9.17) is 9.84 Å². The first kappa shape index (κ1) is 19.1. The first-order valence-electron chi connectivity index (χ1n) is 10.1. The number of benzene rings is 1. The monoisotopic (exact) mass is 383 g/mol. The molecule has 1 N–H and O–H groups in total. The number of morpholine rings is 1. The lowest BCUT2D eigenvalue weighted by atomic mass is 10.1. The van der Waals surface area contributed by atoms with Crippen LogP contribution in [0.2, 0.25) is 0 Å². The molecule has 1 aromatic carbocycles. The molecule has 0 bridgehead atoms. The summed E-state index contributed by atoms with van der Waals surface area (Å²) in [6.45, 7) is 6.92. The lowest BCUT2D eigenvalue weighted by Crippen LogP contribution is -2.38. The van der Waals surface area contributed by atoms with Crippen LogP contribution in [0.5, 0.6) is 0 Å². The van der Waals surface area contributed by atoms with Crippen LogP contribution in [-0.2, 0) is 29.2 Å². The van der Waals surface area contributed by atoms with Crippen LogP contribution in [0, 0.1) is 0 Å². The normalized spacial score (nSPS) is 20.7. The van der Waals surface area contributed by atoms with Gasteiger partial charge in [0.05, 0.1) is 30.6 Å². The summed E-state index contributed by atoms with van der Waals surface area (Å²) in [6, 6.07) is 12.7. The molecule has 1 aromatic heterocycles. The number of hydrogen-bond acceptors (Lipinski definition) is 5. The van der Waals surface area contributed by atoms with E-state index in [1.165, 1.54) is 11.3 Å². The molecule has 2 aliphatic rings. The average molecular weight is 383 g/mol. The summed E-state index contributed by atoms with van der Waals surface area (Å²) in [5.74, 6) is 0.0973. The van der Waals surface area contributed by atoms with Gasteiger partial charge in [-0.3, -0.25) is 19.3 Å². The van der Waals surface area contributed by atoms with E-state index in [-0.39, 0.29) is 12.0 Å². The fourth-order valence-electron chi connectivity index (χ4n) is 3.98. The molecule has 1 unspecified atom stereocenters. The minimum Gasteiger partial charge on any atom is -0.371 e. The van der Waals surface area contributed by atoms with Crippen molar-refractivity contribution in [2.45, 2.75) is 32.2 Å². The van der Waals surface area contributed by atoms with Crippen LogP contribution in [0.4, 0.5) is 0 Å². The minimum atomic E-state index is 0.0973. The first-order chi connectivity index (χ1) is 13.7. The largest absolute Gasteiger partial charge is 0.371 e. The highest BCUT2D eigenvalue weighted by Gasteiger charge is 2.24. The summed E-state index contributed by atoms with van der Waals surface area (Å²) in [6.07, 6.45) is 0.680. The number of fused-ring (bicyclic) bond motifs is 1. The molecule has 150 valence electrons. The van der Waals surface area contributed by atoms with Crippen molar-refractivity contribution in [3.63, 3.8) is 0 Å². The van der Waals surface area contributed by atoms with E-state index in [1.807, 2.05) is 6.07 Å². The average Bonchev–Trinajstić information content (AvgIpc) is 3.14. The van der Waals surface area contributed by atoms with E-state index < -0.39 is 0 Å². The molecular weight excluding hydrogens is 354 g/mol. The van der Waals surface area contributed by atoms with Crippen molar-refractivity contribution in [3.8, 4) is 0 Å². The lowest BCUT2D eigenvalue weighted by Gasteiger charge is -2.32. The summed E-state index contributed by atoms with van der Waals surface area (Å²) < 4.78 is 8.10. The zero-order valence-electron chi connectivity index (χ0n) is 16.5. The highest BCUT2D eigenvalue weighted by atomic mass is 16.5. The molecule has 4 rings (SSSR count). The Morgan fingerprint density at radius 3 is 2.89 bits per heavy atom. The number of nitrogens with one attached hydrogen (secondary N) is 1. The zero-order chi connectivity index (χ0) is 19.3. The summed E-state index contributed by atoms with van der Waals surface area (Å²) >= 11 is 0. The van der Waals surface area contributed by atoms with Gasteiger partial charge < -0.3 is 10.1 Å². The third-order valence-electron chi connectivity index (χ3n) is 5.57. The Morgan fingerprint density at radius 2 is 2.07 bits per heavy atom. The summed E-state index contributed by atoms with van der Waals surface area (Å²) in [4.78, 5) is 16.2. The number of aromatic nitrogens is 2. The van der Waals surface area contributed by atoms with E-state index >= 15 is 0 Å². The molecule has 7 nitrogen and oxygen atoms in total. The second-order valence-electron chi connectivity index (χ2n) is 7.55. The van der Waals surface area contributed by atoms with Crippen molar-refractivity contribution < 1.29 is 9.53 Å². The molecule has 28 heavy (non-hydrogen) atoms. The van der Waals surface area contributed by atoms with E-state index in [2.05, 4.69) is 50.1 Å². The molecule has 1 atom stereocenters. The Morgan fingerprint density at radius 1 is 1.21 bits per heavy atom. The Hall–Kier alpha value is -2.22. The molecule has 1 saturated heterocycles. The Bertz CT molecular complexity index is 791. The van der Waals surface area contributed by atoms with Crippen LogP contribution in [0.3, 0.4) is 0 Å². The van der Waals surface area contributed by atoms with Crippen LogP contribution in [0.1, 0.15) is 29.5 Å². The smallest absolute Gasteiger partial charge is 0.221 e. The second kappa shape index (κ2) is 8.86. The molecule has 0 spiro atoms. The second-order valence-corrected chi connectivity index (χ2v) is 7.55. The maximum atomic E-state index is 11.5. The third kappa shape index (κ3) is 4.60. The van der Waals surface area contributed by atoms with Crippen molar-refractivity contribution in [3.05, 3.63) is 53.3 Å². The standard InChI is InChI=1S/C21H29N5O2/c1-22-21(27)7-8-24-9-10-26-19(15-24)13-18(23-26)14-25-11-12-28-20(16-25)17-5-3-2-4-6-17/h2-6,13,20H,7-12,14-16H2,1H3,(H,22,27). The van der Waals surface area contributed by atoms with Gasteiger partial charge in [-0.25, -0.2) is 0 Å². The molecule has 0 saturated carbocycles. The van der Waals surface area contributed by atoms with Gasteiger partial charge in [-0.05, 0) is 11.6 Å². The number of rotatable bonds is 6. The molecule has 0 aliphatic carbocycles. The van der Waals surface area contributed by atoms with Gasteiger partial charge in [-0.1, -0.05) is 30.3 Å². The Kier molecular flexibility index (Phi) is 6.04. The van der Waals surface area contributed by atoms with Gasteiger partial charge in [0.1, 0.15) is 0 Å². The van der Waals surface area contributed by atoms with Gasteiger partial charge in [-0.2, -0.15) is 5.10 Å². The van der Waals surface area contributed by atoms with E-state index in [1.54, 1.807) is 7.05 Å². The van der Waals surface area contributed by atoms with Gasteiger partial charge in [0.25, 0.3) is 0 Å². The molecule has 3 heterocycles. The maximum Gasteiger partial charge on any atom is 0.221 e. The number of amides is 1. The summed E-state index contributed by atoms with van der Waals surface area (Å²) in [7, 11) is 1.69. The molecule has 7 heteroatoms. The van der Waals surface area contributed by atoms with Crippen LogP contribution < -0.4 is 5.32 Å². The number of carbonyl (C=O) groups excluding carboxylic acids is 1. The summed E-state index contributed by atoms with van der Waals surface area (Å²) in [5.41, 5.74) is 3.60. The maximum absolute atomic E-state index is 11.5. The molecule has 2 aromatic rings. The number of hydrogen-bond donors (Lipinski definition) is 1. The zero-order valence-corrected chi connectivity index (χ0v) is 16.5. The van der Waals surface area contributed by atoms with E-state index in [0.717, 1.165) is 58.1 Å². The van der Waals surface area contributed by atoms with Crippen LogP contribution in [0.15, 0.2) is 36.4 Å². The molecule has 1 fully saturated rings. The van der Waals surface area contributed by atoms with E-state index in [9.17, 15) is 4.79 Å². The van der Waals surface area contributed by atoms with Crippen molar-refractivity contribution in [1.82, 2.24) is 24.9 Å². The van der Waals surface area contributed by atoms with Gasteiger partial charge in [0, 0.05) is 52.7 Å². The van der Waals surface area contributed by atoms with Gasteiger partial charge in [0.2, 0.25) is 5.91 Å². The van der Waals surface area contributed by atoms with Crippen molar-refractivity contribution in [2.24, 2.45) is 0 Å². The highest BCUT2D eigenvalue weighted by Crippen LogP contribution is 2.23. The SMILES string of the molecule is CNC(=O)CCN1CCn2nc(CN3CCOC(c4ccccc4)C3)cc2C1. The molecule has 0 radical (unpaired) electrons. The van der Waals surface area contributed by atoms with E-state index in [0.29, 0.717) is 6.42 Å². The Labute approximate surface area is 166 Å². The van der Waals surface area contributed by atoms with Gasteiger partial charge in [0.15, 0.2) is 0 Å². The molecular formula is C21H29N5O2. The summed E-state index contributed by atoms with van der Waals surface area (Å²) in [5, 5.41) is 7.51. The lowest BCUT2D eigenvalue weighted by molar-refractivity contribution is -0.121. The fourth-order valence-corrected chi connectivity index (χ4v) is 3.98. The molecule has 1 amide bonds. The van der Waals surface area contributed by atoms with Gasteiger partial charge in [-0.15, -0.1) is 0 Å². The van der Waals surface area contributed by atoms with Gasteiger partial charge >= 0.3 is 0 Å². The Balaban J connectivity index is 1.34. The number of nitrogens with zero attached hydrogens (tertiary/aromatic N) is 4. The van der Waals surface area contributed by atoms with Crippen LogP contribution >= 0.6 is 0 Å². The fraction of sp³-hybridized carbons (Fsp3) is 0.524. The minimum absolute atomic E-state index is 0.0973. The van der Waals surface area contributed by atoms with Crippen LogP contribution in [-0.4, -0.2) is 65.3 Å². The number of ether oxygens (including phenoxy) is 1. The van der Waals surface area contributed by atoms with Crippen molar-refractivity contribution in [1.29, 1.82) is 0 Å². The predicted octanol–water partition coefficient (Wildman–Crippen LogP) is 1.41. The van der Waals surface area contributed by atoms with Crippen LogP contribution in [0.25, 0.3) is 0 Å². The first-order valence-corrected chi connectivity index (χ1v) is 10.1. The quantitative estimate of drug-likeness (QED) is 0.817.